The molecule has 1 saturated heterocycles. The van der Waals surface area contributed by atoms with Crippen molar-refractivity contribution in [2.24, 2.45) is 0 Å². The number of thioether (sulfide) groups is 1. The number of anilines is 1. The minimum atomic E-state index is -1.23. The lowest BCUT2D eigenvalue weighted by atomic mass is 10.1. The monoisotopic (exact) mass is 389 g/mol. The van der Waals surface area contributed by atoms with Crippen LogP contribution >= 0.6 is 11.8 Å². The van der Waals surface area contributed by atoms with E-state index in [1.165, 1.54) is 22.7 Å². The molecule has 0 bridgehead atoms. The van der Waals surface area contributed by atoms with Crippen LogP contribution in [0.15, 0.2) is 41.7 Å². The molecule has 5 N–H and O–H groups in total. The number of ether oxygens (including phenoxy) is 1. The predicted molar refractivity (Wildman–Crippen MR) is 98.7 cm³/mol. The molecule has 4 atom stereocenters. The number of benzene rings is 1. The topological polar surface area (TPSA) is 140 Å². The summed E-state index contributed by atoms with van der Waals surface area (Å²) in [6.07, 6.45) is -2.78. The first-order chi connectivity index (χ1) is 13.1. The summed E-state index contributed by atoms with van der Waals surface area (Å²) in [6.45, 7) is -0.406. The Balaban J connectivity index is 1.66. The molecule has 3 aromatic rings. The highest BCUT2D eigenvalue weighted by Crippen LogP contribution is 2.34. The summed E-state index contributed by atoms with van der Waals surface area (Å²) < 4.78 is 7.07. The number of nitrogens with zero attached hydrogens (tertiary/aromatic N) is 4. The van der Waals surface area contributed by atoms with Gasteiger partial charge in [0, 0.05) is 5.75 Å². The van der Waals surface area contributed by atoms with Gasteiger partial charge in [-0.2, -0.15) is 4.98 Å². The second-order valence-electron chi connectivity index (χ2n) is 6.21. The van der Waals surface area contributed by atoms with Gasteiger partial charge in [-0.15, -0.1) is 0 Å². The van der Waals surface area contributed by atoms with Gasteiger partial charge in [-0.3, -0.25) is 4.57 Å². The summed E-state index contributed by atoms with van der Waals surface area (Å²) in [6, 6.07) is 9.93. The van der Waals surface area contributed by atoms with Gasteiger partial charge in [-0.25, -0.2) is 9.97 Å². The maximum Gasteiger partial charge on any atom is 0.223 e. The van der Waals surface area contributed by atoms with Crippen LogP contribution in [0.3, 0.4) is 0 Å². The highest BCUT2D eigenvalue weighted by atomic mass is 32.2. The molecule has 27 heavy (non-hydrogen) atoms. The van der Waals surface area contributed by atoms with Crippen LogP contribution in [0.25, 0.3) is 11.2 Å². The van der Waals surface area contributed by atoms with Gasteiger partial charge < -0.3 is 25.8 Å². The first kappa shape index (κ1) is 18.1. The van der Waals surface area contributed by atoms with Crippen molar-refractivity contribution in [2.45, 2.75) is 35.3 Å². The molecular weight excluding hydrogens is 370 g/mol. The van der Waals surface area contributed by atoms with Crippen LogP contribution in [0.5, 0.6) is 0 Å². The molecule has 4 rings (SSSR count). The van der Waals surface area contributed by atoms with Crippen LogP contribution in [0, 0.1) is 0 Å². The van der Waals surface area contributed by atoms with Crippen LogP contribution in [0.2, 0.25) is 0 Å². The van der Waals surface area contributed by atoms with Crippen LogP contribution < -0.4 is 5.73 Å². The minimum Gasteiger partial charge on any atom is -0.394 e. The SMILES string of the molecule is Nc1nc(SCc2ccccc2)c2ncn([C@H]3O[C@@H](CO)[C@@H](O)[C@H]3O)c2n1. The van der Waals surface area contributed by atoms with Crippen LogP contribution in [-0.2, 0) is 10.5 Å². The first-order valence-corrected chi connectivity index (χ1v) is 9.36. The van der Waals surface area contributed by atoms with E-state index in [-0.39, 0.29) is 5.95 Å². The Kier molecular flexibility index (Phi) is 4.98. The van der Waals surface area contributed by atoms with Gasteiger partial charge in [0.25, 0.3) is 0 Å². The largest absolute Gasteiger partial charge is 0.394 e. The summed E-state index contributed by atoms with van der Waals surface area (Å²) in [4.78, 5) is 12.9. The minimum absolute atomic E-state index is 0.0755. The zero-order chi connectivity index (χ0) is 19.0. The molecule has 0 unspecified atom stereocenters. The Labute approximate surface area is 158 Å². The first-order valence-electron chi connectivity index (χ1n) is 8.37. The van der Waals surface area contributed by atoms with Crippen molar-refractivity contribution < 1.29 is 20.1 Å². The lowest BCUT2D eigenvalue weighted by molar-refractivity contribution is -0.0511. The number of fused-ring (bicyclic) bond motifs is 1. The smallest absolute Gasteiger partial charge is 0.223 e. The number of nitrogen functional groups attached to an aromatic ring is 1. The van der Waals surface area contributed by atoms with Gasteiger partial charge in [0.2, 0.25) is 5.95 Å². The van der Waals surface area contributed by atoms with Crippen LogP contribution in [0.1, 0.15) is 11.8 Å². The van der Waals surface area contributed by atoms with Crippen molar-refractivity contribution >= 4 is 28.9 Å². The molecule has 3 heterocycles. The molecule has 9 nitrogen and oxygen atoms in total. The lowest BCUT2D eigenvalue weighted by Gasteiger charge is -2.16. The van der Waals surface area contributed by atoms with Gasteiger partial charge in [0.15, 0.2) is 11.9 Å². The fourth-order valence-corrected chi connectivity index (χ4v) is 3.96. The average molecular weight is 389 g/mol. The molecular formula is C17H19N5O4S. The molecule has 0 spiro atoms. The van der Waals surface area contributed by atoms with Crippen LogP contribution in [0.4, 0.5) is 5.95 Å². The number of nitrogens with two attached hydrogens (primary N) is 1. The van der Waals surface area contributed by atoms with E-state index in [1.807, 2.05) is 30.3 Å². The molecule has 1 aliphatic rings. The maximum absolute atomic E-state index is 10.3. The molecule has 0 aliphatic carbocycles. The Morgan fingerprint density at radius 1 is 1.15 bits per heavy atom. The zero-order valence-corrected chi connectivity index (χ0v) is 15.0. The third-order valence-corrected chi connectivity index (χ3v) is 5.45. The Morgan fingerprint density at radius 3 is 2.63 bits per heavy atom. The van der Waals surface area contributed by atoms with Gasteiger partial charge in [0.05, 0.1) is 12.9 Å². The van der Waals surface area contributed by atoms with Gasteiger partial charge in [0.1, 0.15) is 28.9 Å². The van der Waals surface area contributed by atoms with E-state index < -0.39 is 31.1 Å². The van der Waals surface area contributed by atoms with E-state index in [0.29, 0.717) is 21.9 Å². The number of hydrogen-bond acceptors (Lipinski definition) is 9. The van der Waals surface area contributed by atoms with E-state index in [1.54, 1.807) is 0 Å². The van der Waals surface area contributed by atoms with Gasteiger partial charge in [-0.1, -0.05) is 42.1 Å². The van der Waals surface area contributed by atoms with Crippen molar-refractivity contribution in [3.63, 3.8) is 0 Å². The molecule has 0 amide bonds. The Bertz CT molecular complexity index is 938. The molecule has 0 saturated carbocycles. The summed E-state index contributed by atoms with van der Waals surface area (Å²) in [5.74, 6) is 0.763. The summed E-state index contributed by atoms with van der Waals surface area (Å²) in [5.41, 5.74) is 7.93. The van der Waals surface area contributed by atoms with Crippen molar-refractivity contribution in [1.29, 1.82) is 0 Å². The standard InChI is InChI=1S/C17H19N5O4S/c18-17-20-14-11(15(21-17)27-7-9-4-2-1-3-5-9)19-8-22(14)16-13(25)12(24)10(6-23)26-16/h1-5,8,10,12-13,16,23-25H,6-7H2,(H2,18,20,21)/t10-,12+,13+,16-/m0/s1. The Morgan fingerprint density at radius 2 is 1.93 bits per heavy atom. The molecule has 10 heteroatoms. The van der Waals surface area contributed by atoms with Crippen molar-refractivity contribution in [1.82, 2.24) is 19.5 Å². The van der Waals surface area contributed by atoms with Gasteiger partial charge >= 0.3 is 0 Å². The average Bonchev–Trinajstić information content (AvgIpc) is 3.22. The Hall–Kier alpha value is -2.24. The molecule has 1 fully saturated rings. The van der Waals surface area contributed by atoms with Crippen molar-refractivity contribution in [3.8, 4) is 0 Å². The number of aromatic nitrogens is 4. The number of rotatable bonds is 5. The quantitative estimate of drug-likeness (QED) is 0.358. The normalized spacial score (nSPS) is 25.3. The molecule has 1 aliphatic heterocycles. The fourth-order valence-electron chi connectivity index (χ4n) is 3.03. The summed E-state index contributed by atoms with van der Waals surface area (Å²) >= 11 is 1.48. The zero-order valence-electron chi connectivity index (χ0n) is 14.2. The van der Waals surface area contributed by atoms with E-state index in [0.717, 1.165) is 5.56 Å². The van der Waals surface area contributed by atoms with Crippen molar-refractivity contribution in [2.75, 3.05) is 12.3 Å². The second-order valence-corrected chi connectivity index (χ2v) is 7.18. The highest BCUT2D eigenvalue weighted by Gasteiger charge is 2.44. The molecule has 0 radical (unpaired) electrons. The number of hydrogen-bond donors (Lipinski definition) is 4. The highest BCUT2D eigenvalue weighted by molar-refractivity contribution is 7.98. The lowest BCUT2D eigenvalue weighted by Crippen LogP contribution is -2.33. The molecule has 2 aromatic heterocycles. The molecule has 142 valence electrons. The van der Waals surface area contributed by atoms with Crippen molar-refractivity contribution in [3.05, 3.63) is 42.2 Å². The summed E-state index contributed by atoms with van der Waals surface area (Å²) in [5, 5.41) is 30.2. The number of aliphatic hydroxyl groups excluding tert-OH is 3. The molecule has 1 aromatic carbocycles. The summed E-state index contributed by atoms with van der Waals surface area (Å²) in [7, 11) is 0. The third kappa shape index (κ3) is 3.37. The second kappa shape index (κ2) is 7.41. The van der Waals surface area contributed by atoms with Crippen LogP contribution in [-0.4, -0.2) is 59.8 Å². The van der Waals surface area contributed by atoms with E-state index >= 15 is 0 Å². The third-order valence-electron chi connectivity index (χ3n) is 4.42. The van der Waals surface area contributed by atoms with E-state index in [2.05, 4.69) is 15.0 Å². The van der Waals surface area contributed by atoms with E-state index in [4.69, 9.17) is 10.5 Å². The maximum atomic E-state index is 10.3. The number of aliphatic hydroxyl groups is 3. The number of imidazole rings is 1. The fraction of sp³-hybridized carbons (Fsp3) is 0.353. The van der Waals surface area contributed by atoms with Gasteiger partial charge in [-0.05, 0) is 5.56 Å². The van der Waals surface area contributed by atoms with E-state index in [9.17, 15) is 15.3 Å². The predicted octanol–water partition coefficient (Wildman–Crippen LogP) is 0.312.